The number of hydrogen-bond donors (Lipinski definition) is 4. The Morgan fingerprint density at radius 3 is 2.50 bits per heavy atom. The van der Waals surface area contributed by atoms with Gasteiger partial charge in [-0.2, -0.15) is 0 Å². The summed E-state index contributed by atoms with van der Waals surface area (Å²) in [6.07, 6.45) is 12.4. The Morgan fingerprint density at radius 2 is 1.66 bits per heavy atom. The van der Waals surface area contributed by atoms with E-state index >= 15 is 0 Å². The van der Waals surface area contributed by atoms with Gasteiger partial charge in [0.15, 0.2) is 0 Å². The molecular weight excluding hydrogens is 400 g/mol. The number of likely N-dealkylation sites (N-methyl/N-ethyl adjacent to an activating group) is 1. The van der Waals surface area contributed by atoms with Crippen molar-refractivity contribution in [3.63, 3.8) is 0 Å². The van der Waals surface area contributed by atoms with Crippen molar-refractivity contribution in [2.24, 2.45) is 5.92 Å². The lowest BCUT2D eigenvalue weighted by Crippen LogP contribution is -2.61. The molecule has 8 unspecified atom stereocenters. The zero-order valence-corrected chi connectivity index (χ0v) is 20.5. The van der Waals surface area contributed by atoms with Crippen LogP contribution in [0.4, 0.5) is 0 Å². The largest absolute Gasteiger partial charge is 0.380 e. The van der Waals surface area contributed by atoms with Gasteiger partial charge in [-0.15, -0.1) is 0 Å². The molecule has 8 atom stereocenters. The molecule has 184 valence electrons. The summed E-state index contributed by atoms with van der Waals surface area (Å²) in [5.74, 6) is 0.854. The molecule has 3 aliphatic heterocycles. The number of nitrogens with zero attached hydrogens (tertiary/aromatic N) is 2. The van der Waals surface area contributed by atoms with Gasteiger partial charge in [0.1, 0.15) is 0 Å². The fraction of sp³-hybridized carbons (Fsp3) is 1.00. The monoisotopic (exact) mass is 448 g/mol. The van der Waals surface area contributed by atoms with Gasteiger partial charge in [0.05, 0.1) is 12.3 Å². The van der Waals surface area contributed by atoms with Crippen molar-refractivity contribution >= 4 is 0 Å². The van der Waals surface area contributed by atoms with E-state index in [0.29, 0.717) is 30.4 Å². The second kappa shape index (κ2) is 11.0. The van der Waals surface area contributed by atoms with Gasteiger partial charge in [-0.3, -0.25) is 10.2 Å². The summed E-state index contributed by atoms with van der Waals surface area (Å²) in [5.41, 5.74) is 0. The van der Waals surface area contributed by atoms with Crippen molar-refractivity contribution in [3.05, 3.63) is 0 Å². The maximum absolute atomic E-state index is 6.03. The van der Waals surface area contributed by atoms with Crippen molar-refractivity contribution in [2.45, 2.75) is 100 Å². The van der Waals surface area contributed by atoms with Crippen LogP contribution < -0.4 is 21.3 Å². The predicted octanol–water partition coefficient (Wildman–Crippen LogP) is 0.958. The van der Waals surface area contributed by atoms with Crippen LogP contribution in [0.1, 0.15) is 57.8 Å². The van der Waals surface area contributed by atoms with E-state index < -0.39 is 0 Å². The van der Waals surface area contributed by atoms with E-state index in [2.05, 4.69) is 38.1 Å². The average molecular weight is 449 g/mol. The Kier molecular flexibility index (Phi) is 8.05. The van der Waals surface area contributed by atoms with Crippen molar-refractivity contribution < 1.29 is 4.74 Å². The van der Waals surface area contributed by atoms with Crippen LogP contribution in [-0.4, -0.2) is 106 Å². The van der Waals surface area contributed by atoms with E-state index in [0.717, 1.165) is 24.5 Å². The highest BCUT2D eigenvalue weighted by Crippen LogP contribution is 2.32. The highest BCUT2D eigenvalue weighted by molar-refractivity contribution is 4.98. The SMILES string of the molecule is COC1CC(N2CCN(C)CC2)CCC1NC1CC(NC2CCCC3NCCC32)CCN1. The van der Waals surface area contributed by atoms with Crippen LogP contribution in [0.15, 0.2) is 0 Å². The van der Waals surface area contributed by atoms with Crippen LogP contribution in [0.3, 0.4) is 0 Å². The van der Waals surface area contributed by atoms with Crippen LogP contribution in [0.25, 0.3) is 0 Å². The van der Waals surface area contributed by atoms with Crippen LogP contribution >= 0.6 is 0 Å². The normalized spacial score (nSPS) is 44.4. The van der Waals surface area contributed by atoms with Gasteiger partial charge in [-0.1, -0.05) is 6.42 Å². The molecule has 5 aliphatic rings. The number of rotatable bonds is 6. The Labute approximate surface area is 195 Å². The van der Waals surface area contributed by atoms with E-state index in [9.17, 15) is 0 Å². The molecule has 0 bridgehead atoms. The Balaban J connectivity index is 1.10. The predicted molar refractivity (Wildman–Crippen MR) is 130 cm³/mol. The number of piperazine rings is 1. The lowest BCUT2D eigenvalue weighted by molar-refractivity contribution is -0.0104. The molecule has 0 aromatic heterocycles. The number of hydrogen-bond acceptors (Lipinski definition) is 7. The number of methoxy groups -OCH3 is 1. The van der Waals surface area contributed by atoms with Crippen molar-refractivity contribution in [3.8, 4) is 0 Å². The van der Waals surface area contributed by atoms with Gasteiger partial charge >= 0.3 is 0 Å². The number of fused-ring (bicyclic) bond motifs is 1. The minimum atomic E-state index is 0.326. The van der Waals surface area contributed by atoms with Crippen molar-refractivity contribution in [1.82, 2.24) is 31.1 Å². The summed E-state index contributed by atoms with van der Waals surface area (Å²) in [6, 6.07) is 3.30. The molecule has 5 rings (SSSR count). The maximum Gasteiger partial charge on any atom is 0.0739 e. The van der Waals surface area contributed by atoms with Gasteiger partial charge < -0.3 is 25.6 Å². The van der Waals surface area contributed by atoms with Crippen LogP contribution in [0, 0.1) is 5.92 Å². The Bertz CT molecular complexity index is 585. The lowest BCUT2D eigenvalue weighted by Gasteiger charge is -2.45. The van der Waals surface area contributed by atoms with Crippen LogP contribution in [0.5, 0.6) is 0 Å². The molecule has 0 radical (unpaired) electrons. The third-order valence-electron chi connectivity index (χ3n) is 9.34. The average Bonchev–Trinajstić information content (AvgIpc) is 3.30. The molecule has 0 aromatic rings. The summed E-state index contributed by atoms with van der Waals surface area (Å²) in [5, 5.41) is 15.6. The van der Waals surface area contributed by atoms with Gasteiger partial charge in [-0.25, -0.2) is 0 Å². The summed E-state index contributed by atoms with van der Waals surface area (Å²) < 4.78 is 6.03. The molecule has 0 amide bonds. The third kappa shape index (κ3) is 5.51. The fourth-order valence-electron chi connectivity index (χ4n) is 7.40. The molecule has 3 heterocycles. The standard InChI is InChI=1S/C25H48N6O/c1-30-12-14-31(15-13-30)19-6-7-23(24(17-19)32-2)29-25-16-18(8-10-27-25)28-22-5-3-4-21-20(22)9-11-26-21/h18-29H,3-17H2,1-2H3. The van der Waals surface area contributed by atoms with Gasteiger partial charge in [0, 0.05) is 63.5 Å². The first kappa shape index (κ1) is 23.5. The van der Waals surface area contributed by atoms with Gasteiger partial charge in [0.25, 0.3) is 0 Å². The molecule has 0 spiro atoms. The minimum absolute atomic E-state index is 0.326. The van der Waals surface area contributed by atoms with Gasteiger partial charge in [-0.05, 0) is 77.4 Å². The zero-order valence-electron chi connectivity index (χ0n) is 20.5. The maximum atomic E-state index is 6.03. The first-order valence-corrected chi connectivity index (χ1v) is 13.6. The molecule has 4 N–H and O–H groups in total. The highest BCUT2D eigenvalue weighted by Gasteiger charge is 2.39. The van der Waals surface area contributed by atoms with E-state index in [-0.39, 0.29) is 0 Å². The molecule has 7 nitrogen and oxygen atoms in total. The highest BCUT2D eigenvalue weighted by atomic mass is 16.5. The number of piperidine rings is 1. The molecular formula is C25H48N6O. The molecule has 32 heavy (non-hydrogen) atoms. The number of ether oxygens (including phenoxy) is 1. The minimum Gasteiger partial charge on any atom is -0.380 e. The molecule has 5 fully saturated rings. The lowest BCUT2D eigenvalue weighted by atomic mass is 9.80. The number of nitrogens with one attached hydrogen (secondary N) is 4. The first-order valence-electron chi connectivity index (χ1n) is 13.6. The summed E-state index contributed by atoms with van der Waals surface area (Å²) in [4.78, 5) is 5.17. The first-order chi connectivity index (χ1) is 15.7. The molecule has 3 saturated heterocycles. The Hall–Kier alpha value is -0.280. The summed E-state index contributed by atoms with van der Waals surface area (Å²) >= 11 is 0. The fourth-order valence-corrected chi connectivity index (χ4v) is 7.40. The van der Waals surface area contributed by atoms with E-state index in [1.807, 2.05) is 7.11 Å². The third-order valence-corrected chi connectivity index (χ3v) is 9.34. The van der Waals surface area contributed by atoms with Crippen LogP contribution in [-0.2, 0) is 4.74 Å². The Morgan fingerprint density at radius 1 is 0.812 bits per heavy atom. The molecule has 0 aromatic carbocycles. The second-order valence-corrected chi connectivity index (χ2v) is 11.3. The van der Waals surface area contributed by atoms with Crippen molar-refractivity contribution in [1.29, 1.82) is 0 Å². The molecule has 2 saturated carbocycles. The smallest absolute Gasteiger partial charge is 0.0739 e. The molecule has 2 aliphatic carbocycles. The molecule has 7 heteroatoms. The topological polar surface area (TPSA) is 63.8 Å². The van der Waals surface area contributed by atoms with E-state index in [1.165, 1.54) is 90.5 Å². The van der Waals surface area contributed by atoms with Crippen LogP contribution in [0.2, 0.25) is 0 Å². The van der Waals surface area contributed by atoms with E-state index in [1.54, 1.807) is 0 Å². The quantitative estimate of drug-likeness (QED) is 0.483. The second-order valence-electron chi connectivity index (χ2n) is 11.3. The summed E-state index contributed by atoms with van der Waals surface area (Å²) in [7, 11) is 4.16. The summed E-state index contributed by atoms with van der Waals surface area (Å²) in [6.45, 7) is 7.17. The van der Waals surface area contributed by atoms with Crippen molar-refractivity contribution in [2.75, 3.05) is 53.4 Å². The van der Waals surface area contributed by atoms with E-state index in [4.69, 9.17) is 4.74 Å². The van der Waals surface area contributed by atoms with Gasteiger partial charge in [0.2, 0.25) is 0 Å². The zero-order chi connectivity index (χ0) is 21.9.